The topological polar surface area (TPSA) is 84.3 Å². The molecule has 1 amide bonds. The molecule has 0 radical (unpaired) electrons. The first-order chi connectivity index (χ1) is 14.0. The van der Waals surface area contributed by atoms with E-state index in [1.54, 1.807) is 13.0 Å². The fourth-order valence-corrected chi connectivity index (χ4v) is 3.15. The average Bonchev–Trinajstić information content (AvgIpc) is 2.74. The highest BCUT2D eigenvalue weighted by atomic mass is 16.6. The number of amides is 1. The van der Waals surface area contributed by atoms with Gasteiger partial charge in [0.25, 0.3) is 5.69 Å². The molecule has 148 valence electrons. The van der Waals surface area contributed by atoms with E-state index < -0.39 is 4.92 Å². The van der Waals surface area contributed by atoms with Gasteiger partial charge in [0.1, 0.15) is 0 Å². The average molecular weight is 389 g/mol. The van der Waals surface area contributed by atoms with Gasteiger partial charge in [0.05, 0.1) is 11.5 Å². The second kappa shape index (κ2) is 9.61. The van der Waals surface area contributed by atoms with Crippen LogP contribution in [0.5, 0.6) is 0 Å². The maximum Gasteiger partial charge on any atom is 0.269 e. The fraction of sp³-hybridized carbons (Fsp3) is 0.174. The van der Waals surface area contributed by atoms with Crippen molar-refractivity contribution in [3.8, 4) is 0 Å². The third kappa shape index (κ3) is 5.73. The van der Waals surface area contributed by atoms with E-state index in [1.807, 2.05) is 48.5 Å². The number of nitro benzene ring substituents is 1. The zero-order valence-electron chi connectivity index (χ0n) is 16.2. The molecule has 1 unspecified atom stereocenters. The van der Waals surface area contributed by atoms with E-state index in [-0.39, 0.29) is 24.2 Å². The number of rotatable bonds is 8. The number of hydrogen-bond acceptors (Lipinski definition) is 4. The van der Waals surface area contributed by atoms with Crippen molar-refractivity contribution in [1.29, 1.82) is 0 Å². The van der Waals surface area contributed by atoms with Gasteiger partial charge >= 0.3 is 0 Å². The van der Waals surface area contributed by atoms with Crippen molar-refractivity contribution < 1.29 is 9.72 Å². The summed E-state index contributed by atoms with van der Waals surface area (Å²) in [7, 11) is 0. The van der Waals surface area contributed by atoms with Crippen molar-refractivity contribution in [2.45, 2.75) is 19.4 Å². The lowest BCUT2D eigenvalue weighted by Crippen LogP contribution is -2.32. The van der Waals surface area contributed by atoms with Gasteiger partial charge in [-0.1, -0.05) is 60.7 Å². The Kier molecular flexibility index (Phi) is 6.71. The lowest BCUT2D eigenvalue weighted by molar-refractivity contribution is -0.384. The van der Waals surface area contributed by atoms with Crippen LogP contribution in [0.25, 0.3) is 0 Å². The molecule has 0 spiro atoms. The van der Waals surface area contributed by atoms with Gasteiger partial charge in [-0.3, -0.25) is 14.9 Å². The third-order valence-corrected chi connectivity index (χ3v) is 4.69. The van der Waals surface area contributed by atoms with Crippen molar-refractivity contribution >= 4 is 17.3 Å². The summed E-state index contributed by atoms with van der Waals surface area (Å²) >= 11 is 0. The molecule has 29 heavy (non-hydrogen) atoms. The molecule has 0 aliphatic rings. The Morgan fingerprint density at radius 1 is 1.00 bits per heavy atom. The summed E-state index contributed by atoms with van der Waals surface area (Å²) < 4.78 is 0. The van der Waals surface area contributed by atoms with Crippen molar-refractivity contribution in [3.05, 3.63) is 106 Å². The highest BCUT2D eigenvalue weighted by Crippen LogP contribution is 2.21. The van der Waals surface area contributed by atoms with Crippen LogP contribution in [0.3, 0.4) is 0 Å². The largest absolute Gasteiger partial charge is 0.325 e. The summed E-state index contributed by atoms with van der Waals surface area (Å²) in [6.45, 7) is 1.86. The van der Waals surface area contributed by atoms with Crippen LogP contribution >= 0.6 is 0 Å². The molecular weight excluding hydrogens is 366 g/mol. The number of non-ortho nitro benzene ring substituents is 1. The van der Waals surface area contributed by atoms with E-state index in [4.69, 9.17) is 0 Å². The van der Waals surface area contributed by atoms with Crippen LogP contribution in [0.2, 0.25) is 0 Å². The predicted molar refractivity (Wildman–Crippen MR) is 114 cm³/mol. The number of benzene rings is 3. The number of carbonyl (C=O) groups excluding carboxylic acids is 1. The number of hydrogen-bond donors (Lipinski definition) is 2. The Balaban J connectivity index is 1.66. The molecule has 6 nitrogen and oxygen atoms in total. The highest BCUT2D eigenvalue weighted by Gasteiger charge is 2.15. The van der Waals surface area contributed by atoms with E-state index in [0.717, 1.165) is 12.0 Å². The Morgan fingerprint density at radius 2 is 1.66 bits per heavy atom. The molecule has 0 saturated heterocycles. The van der Waals surface area contributed by atoms with Crippen LogP contribution in [0.15, 0.2) is 78.9 Å². The molecule has 0 bridgehead atoms. The standard InChI is InChI=1S/C23H23N3O3/c1-17-14-20(26(28)29)12-13-21(17)25-23(27)16-24-22(19-10-6-3-7-11-19)15-18-8-4-2-5-9-18/h2-14,22,24H,15-16H2,1H3,(H,25,27). The molecule has 1 atom stereocenters. The monoisotopic (exact) mass is 389 g/mol. The van der Waals surface area contributed by atoms with E-state index >= 15 is 0 Å². The quantitative estimate of drug-likeness (QED) is 0.441. The lowest BCUT2D eigenvalue weighted by Gasteiger charge is -2.19. The maximum atomic E-state index is 12.5. The zero-order valence-corrected chi connectivity index (χ0v) is 16.2. The summed E-state index contributed by atoms with van der Waals surface area (Å²) in [5, 5.41) is 17.0. The van der Waals surface area contributed by atoms with Gasteiger partial charge in [-0.25, -0.2) is 0 Å². The molecule has 3 rings (SSSR count). The summed E-state index contributed by atoms with van der Waals surface area (Å²) in [4.78, 5) is 22.9. The van der Waals surface area contributed by atoms with Crippen molar-refractivity contribution in [2.24, 2.45) is 0 Å². The van der Waals surface area contributed by atoms with E-state index in [2.05, 4.69) is 22.8 Å². The molecule has 0 fully saturated rings. The molecule has 0 aliphatic heterocycles. The second-order valence-electron chi connectivity index (χ2n) is 6.84. The van der Waals surface area contributed by atoms with Crippen molar-refractivity contribution in [1.82, 2.24) is 5.32 Å². The summed E-state index contributed by atoms with van der Waals surface area (Å²) in [5.41, 5.74) is 3.51. The molecular formula is C23H23N3O3. The molecule has 3 aromatic rings. The smallest absolute Gasteiger partial charge is 0.269 e. The lowest BCUT2D eigenvalue weighted by atomic mass is 9.99. The Labute approximate surface area is 169 Å². The first-order valence-corrected chi connectivity index (χ1v) is 9.40. The van der Waals surface area contributed by atoms with Crippen LogP contribution in [-0.2, 0) is 11.2 Å². The van der Waals surface area contributed by atoms with E-state index in [9.17, 15) is 14.9 Å². The summed E-state index contributed by atoms with van der Waals surface area (Å²) in [5.74, 6) is -0.198. The molecule has 0 aromatic heterocycles. The second-order valence-corrected chi connectivity index (χ2v) is 6.84. The van der Waals surface area contributed by atoms with Gasteiger partial charge in [0.15, 0.2) is 0 Å². The number of carbonyl (C=O) groups is 1. The predicted octanol–water partition coefficient (Wildman–Crippen LogP) is 4.42. The summed E-state index contributed by atoms with van der Waals surface area (Å²) in [6.07, 6.45) is 0.759. The molecule has 6 heteroatoms. The van der Waals surface area contributed by atoms with Gasteiger partial charge < -0.3 is 10.6 Å². The first kappa shape index (κ1) is 20.2. The Hall–Kier alpha value is -3.51. The van der Waals surface area contributed by atoms with Crippen LogP contribution in [0.1, 0.15) is 22.7 Å². The fourth-order valence-electron chi connectivity index (χ4n) is 3.15. The first-order valence-electron chi connectivity index (χ1n) is 9.40. The normalized spacial score (nSPS) is 11.6. The molecule has 2 N–H and O–H groups in total. The van der Waals surface area contributed by atoms with Gasteiger partial charge in [-0.2, -0.15) is 0 Å². The van der Waals surface area contributed by atoms with Crippen molar-refractivity contribution in [3.63, 3.8) is 0 Å². The Bertz CT molecular complexity index is 975. The molecule has 3 aromatic carbocycles. The third-order valence-electron chi connectivity index (χ3n) is 4.69. The van der Waals surface area contributed by atoms with Crippen molar-refractivity contribution in [2.75, 3.05) is 11.9 Å². The molecule has 0 heterocycles. The number of aryl methyl sites for hydroxylation is 1. The van der Waals surface area contributed by atoms with E-state index in [0.29, 0.717) is 11.3 Å². The number of nitrogens with one attached hydrogen (secondary N) is 2. The Morgan fingerprint density at radius 3 is 2.28 bits per heavy atom. The van der Waals surface area contributed by atoms with Crippen LogP contribution < -0.4 is 10.6 Å². The minimum Gasteiger partial charge on any atom is -0.325 e. The van der Waals surface area contributed by atoms with Crippen LogP contribution in [0.4, 0.5) is 11.4 Å². The van der Waals surface area contributed by atoms with Gasteiger partial charge in [-0.15, -0.1) is 0 Å². The maximum absolute atomic E-state index is 12.5. The zero-order chi connectivity index (χ0) is 20.6. The number of anilines is 1. The minimum atomic E-state index is -0.450. The van der Waals surface area contributed by atoms with E-state index in [1.165, 1.54) is 17.7 Å². The molecule has 0 saturated carbocycles. The number of nitrogens with zero attached hydrogens (tertiary/aromatic N) is 1. The minimum absolute atomic E-state index is 0.00521. The van der Waals surface area contributed by atoms with Gasteiger partial charge in [-0.05, 0) is 36.1 Å². The van der Waals surface area contributed by atoms with Gasteiger partial charge in [0, 0.05) is 23.9 Å². The SMILES string of the molecule is Cc1cc([N+](=O)[O-])ccc1NC(=O)CNC(Cc1ccccc1)c1ccccc1. The molecule has 0 aliphatic carbocycles. The number of nitro groups is 1. The van der Waals surface area contributed by atoms with Crippen LogP contribution in [-0.4, -0.2) is 17.4 Å². The summed E-state index contributed by atoms with van der Waals surface area (Å²) in [6, 6.07) is 24.5. The highest BCUT2D eigenvalue weighted by molar-refractivity contribution is 5.93. The van der Waals surface area contributed by atoms with Crippen LogP contribution in [0, 0.1) is 17.0 Å². The van der Waals surface area contributed by atoms with Gasteiger partial charge in [0.2, 0.25) is 5.91 Å².